The number of carboxylic acid groups (broad SMARTS) is 1. The molecule has 5 nitrogen and oxygen atoms in total. The molecule has 2 N–H and O–H groups in total. The molecule has 1 aromatic carbocycles. The van der Waals surface area contributed by atoms with Crippen molar-refractivity contribution in [2.24, 2.45) is 5.92 Å². The second kappa shape index (κ2) is 4.68. The predicted molar refractivity (Wildman–Crippen MR) is 71.8 cm³/mol. The van der Waals surface area contributed by atoms with Gasteiger partial charge in [0.25, 0.3) is 0 Å². The van der Waals surface area contributed by atoms with Crippen molar-refractivity contribution in [3.8, 4) is 0 Å². The zero-order valence-electron chi connectivity index (χ0n) is 10.2. The molecule has 5 heteroatoms. The number of nitrogens with zero attached hydrogens (tertiary/aromatic N) is 2. The van der Waals surface area contributed by atoms with Crippen molar-refractivity contribution in [2.75, 3.05) is 5.32 Å². The van der Waals surface area contributed by atoms with Crippen LogP contribution in [0, 0.1) is 5.92 Å². The quantitative estimate of drug-likeness (QED) is 0.821. The van der Waals surface area contributed by atoms with Crippen molar-refractivity contribution >= 4 is 22.7 Å². The Hall–Kier alpha value is -2.43. The number of nitrogens with one attached hydrogen (secondary N) is 1. The Kier molecular flexibility index (Phi) is 2.87. The molecule has 0 saturated heterocycles. The number of anilines is 1. The largest absolute Gasteiger partial charge is 0.481 e. The second-order valence-corrected chi connectivity index (χ2v) is 4.56. The Morgan fingerprint density at radius 3 is 2.89 bits per heavy atom. The minimum Gasteiger partial charge on any atom is -0.481 e. The Bertz CT molecular complexity index is 649. The van der Waals surface area contributed by atoms with Crippen LogP contribution in [0.1, 0.15) is 6.42 Å². The van der Waals surface area contributed by atoms with Crippen molar-refractivity contribution in [3.05, 3.63) is 42.7 Å². The van der Waals surface area contributed by atoms with E-state index in [0.29, 0.717) is 6.42 Å². The first-order chi connectivity index (χ1) is 9.24. The lowest BCUT2D eigenvalue weighted by Crippen LogP contribution is -2.19. The first-order valence-corrected chi connectivity index (χ1v) is 6.11. The van der Waals surface area contributed by atoms with Gasteiger partial charge in [-0.3, -0.25) is 4.79 Å². The maximum Gasteiger partial charge on any atom is 0.310 e. The van der Waals surface area contributed by atoms with Gasteiger partial charge in [0.1, 0.15) is 12.1 Å². The van der Waals surface area contributed by atoms with Gasteiger partial charge in [-0.25, -0.2) is 9.97 Å². The number of aromatic nitrogens is 2. The summed E-state index contributed by atoms with van der Waals surface area (Å²) in [4.78, 5) is 19.3. The Balaban J connectivity index is 1.83. The minimum atomic E-state index is -0.784. The van der Waals surface area contributed by atoms with Gasteiger partial charge in [-0.15, -0.1) is 0 Å². The summed E-state index contributed by atoms with van der Waals surface area (Å²) in [7, 11) is 0. The van der Waals surface area contributed by atoms with E-state index in [4.69, 9.17) is 5.11 Å². The number of para-hydroxylation sites is 1. The molecular formula is C14H13N3O2. The molecule has 0 amide bonds. The molecular weight excluding hydrogens is 242 g/mol. The van der Waals surface area contributed by atoms with Gasteiger partial charge in [0.05, 0.1) is 11.4 Å². The van der Waals surface area contributed by atoms with Crippen LogP contribution in [-0.2, 0) is 4.79 Å². The molecule has 2 unspecified atom stereocenters. The highest BCUT2D eigenvalue weighted by Gasteiger charge is 2.24. The van der Waals surface area contributed by atoms with Gasteiger partial charge in [-0.1, -0.05) is 24.3 Å². The smallest absolute Gasteiger partial charge is 0.310 e. The molecule has 1 heterocycles. The third kappa shape index (κ3) is 2.27. The second-order valence-electron chi connectivity index (χ2n) is 4.56. The van der Waals surface area contributed by atoms with Gasteiger partial charge >= 0.3 is 5.97 Å². The van der Waals surface area contributed by atoms with Gasteiger partial charge in [-0.05, 0) is 18.6 Å². The van der Waals surface area contributed by atoms with E-state index < -0.39 is 11.9 Å². The Morgan fingerprint density at radius 2 is 2.11 bits per heavy atom. The predicted octanol–water partition coefficient (Wildman–Crippen LogP) is 2.07. The van der Waals surface area contributed by atoms with Crippen molar-refractivity contribution in [2.45, 2.75) is 12.5 Å². The van der Waals surface area contributed by atoms with Crippen molar-refractivity contribution in [1.82, 2.24) is 9.97 Å². The van der Waals surface area contributed by atoms with E-state index in [1.54, 1.807) is 6.08 Å². The molecule has 0 aliphatic heterocycles. The average molecular weight is 255 g/mol. The van der Waals surface area contributed by atoms with Gasteiger partial charge in [0.15, 0.2) is 0 Å². The molecule has 1 aliphatic carbocycles. The SMILES string of the molecule is O=C(O)C1C=CC(Nc2ncnc3ccccc23)C1. The van der Waals surface area contributed by atoms with Crippen LogP contribution in [0.2, 0.25) is 0 Å². The van der Waals surface area contributed by atoms with E-state index >= 15 is 0 Å². The number of carboxylic acids is 1. The molecule has 1 aliphatic rings. The molecule has 0 radical (unpaired) electrons. The standard InChI is InChI=1S/C14H13N3O2/c18-14(19)9-5-6-10(7-9)17-13-11-3-1-2-4-12(11)15-8-16-13/h1-6,8-10H,7H2,(H,18,19)(H,15,16,17). The summed E-state index contributed by atoms with van der Waals surface area (Å²) < 4.78 is 0. The van der Waals surface area contributed by atoms with Crippen LogP contribution in [-0.4, -0.2) is 27.1 Å². The van der Waals surface area contributed by atoms with Crippen LogP contribution in [0.5, 0.6) is 0 Å². The average Bonchev–Trinajstić information content (AvgIpc) is 2.88. The molecule has 2 aromatic rings. The van der Waals surface area contributed by atoms with Crippen molar-refractivity contribution in [1.29, 1.82) is 0 Å². The lowest BCUT2D eigenvalue weighted by Gasteiger charge is -2.14. The maximum atomic E-state index is 10.9. The summed E-state index contributed by atoms with van der Waals surface area (Å²) in [6.45, 7) is 0. The van der Waals surface area contributed by atoms with Gasteiger partial charge in [0, 0.05) is 11.4 Å². The third-order valence-corrected chi connectivity index (χ3v) is 3.27. The van der Waals surface area contributed by atoms with E-state index in [-0.39, 0.29) is 6.04 Å². The molecule has 0 spiro atoms. The number of fused-ring (bicyclic) bond motifs is 1. The fourth-order valence-corrected chi connectivity index (χ4v) is 2.28. The zero-order valence-corrected chi connectivity index (χ0v) is 10.2. The van der Waals surface area contributed by atoms with E-state index in [0.717, 1.165) is 16.7 Å². The molecule has 96 valence electrons. The van der Waals surface area contributed by atoms with Crippen molar-refractivity contribution in [3.63, 3.8) is 0 Å². The lowest BCUT2D eigenvalue weighted by atomic mass is 10.1. The van der Waals surface area contributed by atoms with E-state index in [9.17, 15) is 4.79 Å². The zero-order chi connectivity index (χ0) is 13.2. The number of carbonyl (C=O) groups is 1. The van der Waals surface area contributed by atoms with E-state index in [1.165, 1.54) is 6.33 Å². The van der Waals surface area contributed by atoms with Crippen LogP contribution in [0.15, 0.2) is 42.7 Å². The van der Waals surface area contributed by atoms with Gasteiger partial charge in [0.2, 0.25) is 0 Å². The number of rotatable bonds is 3. The van der Waals surface area contributed by atoms with Crippen LogP contribution >= 0.6 is 0 Å². The maximum absolute atomic E-state index is 10.9. The molecule has 0 saturated carbocycles. The molecule has 0 bridgehead atoms. The summed E-state index contributed by atoms with van der Waals surface area (Å²) in [6.07, 6.45) is 5.67. The normalized spacial score (nSPS) is 21.7. The number of hydrogen-bond acceptors (Lipinski definition) is 4. The topological polar surface area (TPSA) is 75.1 Å². The van der Waals surface area contributed by atoms with Crippen LogP contribution in [0.25, 0.3) is 10.9 Å². The van der Waals surface area contributed by atoms with Crippen LogP contribution in [0.3, 0.4) is 0 Å². The molecule has 2 atom stereocenters. The number of benzene rings is 1. The summed E-state index contributed by atoms with van der Waals surface area (Å²) in [5.41, 5.74) is 0.872. The van der Waals surface area contributed by atoms with E-state index in [1.807, 2.05) is 30.3 Å². The highest BCUT2D eigenvalue weighted by Crippen LogP contribution is 2.24. The number of hydrogen-bond donors (Lipinski definition) is 2. The molecule has 19 heavy (non-hydrogen) atoms. The summed E-state index contributed by atoms with van der Waals surface area (Å²) in [5, 5.41) is 13.2. The van der Waals surface area contributed by atoms with Gasteiger partial charge < -0.3 is 10.4 Å². The summed E-state index contributed by atoms with van der Waals surface area (Å²) in [5.74, 6) is -0.454. The third-order valence-electron chi connectivity index (χ3n) is 3.27. The van der Waals surface area contributed by atoms with Crippen LogP contribution in [0.4, 0.5) is 5.82 Å². The van der Waals surface area contributed by atoms with Crippen molar-refractivity contribution < 1.29 is 9.90 Å². The van der Waals surface area contributed by atoms with Gasteiger partial charge in [-0.2, -0.15) is 0 Å². The molecule has 0 fully saturated rings. The molecule has 3 rings (SSSR count). The monoisotopic (exact) mass is 255 g/mol. The van der Waals surface area contributed by atoms with Crippen LogP contribution < -0.4 is 5.32 Å². The fraction of sp³-hybridized carbons (Fsp3) is 0.214. The first-order valence-electron chi connectivity index (χ1n) is 6.11. The Labute approximate surface area is 110 Å². The number of aliphatic carboxylic acids is 1. The fourth-order valence-electron chi connectivity index (χ4n) is 2.28. The summed E-state index contributed by atoms with van der Waals surface area (Å²) >= 11 is 0. The first kappa shape index (κ1) is 11.6. The molecule has 1 aromatic heterocycles. The highest BCUT2D eigenvalue weighted by atomic mass is 16.4. The summed E-state index contributed by atoms with van der Waals surface area (Å²) in [6, 6.07) is 7.73. The minimum absolute atomic E-state index is 0.000550. The van der Waals surface area contributed by atoms with E-state index in [2.05, 4.69) is 15.3 Å². The highest BCUT2D eigenvalue weighted by molar-refractivity contribution is 5.88. The lowest BCUT2D eigenvalue weighted by molar-refractivity contribution is -0.140. The Morgan fingerprint density at radius 1 is 1.26 bits per heavy atom.